The molecule has 5 aliphatic rings. The average molecular weight is 708 g/mol. The number of fused-ring (bicyclic) bond motifs is 5. The van der Waals surface area contributed by atoms with Gasteiger partial charge in [0.2, 0.25) is 0 Å². The molecule has 0 aliphatic carbocycles. The molecule has 45 heavy (non-hydrogen) atoms. The number of ether oxygens (including phenoxy) is 3. The quantitative estimate of drug-likeness (QED) is 0.202. The number of aliphatic imine (C=N–C) groups is 2. The van der Waals surface area contributed by atoms with E-state index in [-0.39, 0.29) is 18.2 Å². The van der Waals surface area contributed by atoms with Gasteiger partial charge in [-0.2, -0.15) is 4.37 Å². The predicted octanol–water partition coefficient (Wildman–Crippen LogP) is -0.323. The van der Waals surface area contributed by atoms with Crippen LogP contribution in [0.1, 0.15) is 17.4 Å². The van der Waals surface area contributed by atoms with Crippen LogP contribution in [-0.2, 0) is 46.2 Å². The number of nitrogens with one attached hydrogen (secondary N) is 1. The molecule has 1 amide bonds. The van der Waals surface area contributed by atoms with Crippen LogP contribution < -0.4 is 16.8 Å². The van der Waals surface area contributed by atoms with E-state index in [1.807, 2.05) is 0 Å². The number of phosphoric acid groups is 1. The Labute approximate surface area is 263 Å². The van der Waals surface area contributed by atoms with E-state index in [0.29, 0.717) is 15.9 Å². The first-order valence-corrected chi connectivity index (χ1v) is 18.4. The molecule has 7 rings (SSSR count). The smallest absolute Gasteiger partial charge is 0.382 e. The van der Waals surface area contributed by atoms with Gasteiger partial charge in [-0.1, -0.05) is 12.2 Å². The minimum absolute atomic E-state index is 0.124. The third-order valence-electron chi connectivity index (χ3n) is 7.73. The molecule has 5 aliphatic heterocycles. The van der Waals surface area contributed by atoms with E-state index >= 15 is 0 Å². The lowest BCUT2D eigenvalue weighted by Crippen LogP contribution is -2.57. The Morgan fingerprint density at radius 1 is 1.13 bits per heavy atom. The van der Waals surface area contributed by atoms with Crippen LogP contribution in [-0.4, -0.2) is 112 Å². The van der Waals surface area contributed by atoms with Crippen molar-refractivity contribution in [3.05, 3.63) is 11.2 Å². The number of thiol groups is 1. The molecular weight excluding hydrogens is 680 g/mol. The molecule has 24 heteroatoms. The number of guanidine groups is 1. The first-order chi connectivity index (χ1) is 21.4. The number of hydrogen-bond donors (Lipinski definition) is 5. The van der Waals surface area contributed by atoms with Crippen molar-refractivity contribution in [2.24, 2.45) is 15.7 Å². The van der Waals surface area contributed by atoms with Crippen molar-refractivity contribution in [1.29, 1.82) is 0 Å². The van der Waals surface area contributed by atoms with Gasteiger partial charge in [0.25, 0.3) is 5.91 Å². The normalized spacial score (nSPS) is 41.9. The van der Waals surface area contributed by atoms with Gasteiger partial charge >= 0.3 is 14.6 Å². The van der Waals surface area contributed by atoms with Gasteiger partial charge in [0.15, 0.2) is 30.2 Å². The Balaban J connectivity index is 1.16. The fourth-order valence-electron chi connectivity index (χ4n) is 5.74. The standard InChI is InChI=1S/C21H27N9O11P2S2/c1-35-14-10-4-37-43(34,44)40-7-2-8(16-11-12(29-45-16)17(22)25-5-24-11)38-9(7)3-36-42(32,33)41-15(14)20(39-10)30-6-26-13-18(30)27-21(23)28-19(13)31/h5-10,13-15,18,20H,2-4H2,1H3,(H,32,33)(H,34,44)(H2,22,24,25)(H3,23,27,28,31)/t7-,8+,9+,10+,13?,14+,15+,18?,20+,43-/m0/s1. The van der Waals surface area contributed by atoms with Crippen LogP contribution in [0.3, 0.4) is 0 Å². The van der Waals surface area contributed by atoms with E-state index < -0.39 is 88.8 Å². The van der Waals surface area contributed by atoms with Gasteiger partial charge in [-0.05, 0) is 11.5 Å². The number of aromatic nitrogens is 3. The summed E-state index contributed by atoms with van der Waals surface area (Å²) < 4.78 is 71.5. The maximum atomic E-state index is 13.5. The number of anilines is 1. The largest absolute Gasteiger partial charge is 0.472 e. The highest BCUT2D eigenvalue weighted by Crippen LogP contribution is 2.58. The summed E-state index contributed by atoms with van der Waals surface area (Å²) in [5.74, 6) is -0.451. The first-order valence-electron chi connectivity index (χ1n) is 13.4. The van der Waals surface area contributed by atoms with Crippen LogP contribution in [0.15, 0.2) is 16.3 Å². The van der Waals surface area contributed by atoms with Crippen molar-refractivity contribution >= 4 is 73.5 Å². The monoisotopic (exact) mass is 707 g/mol. The van der Waals surface area contributed by atoms with Crippen LogP contribution in [0.5, 0.6) is 0 Å². The summed E-state index contributed by atoms with van der Waals surface area (Å²) in [5.41, 5.74) is 12.6. The lowest BCUT2D eigenvalue weighted by atomic mass is 10.1. The SMILES string of the molecule is CO[C@H]1[C@H]2OP(=O)(O)OC[C@H]3O[C@@H](c4snc5c(N)ncnc45)C[C@@H]3O[P@@](=O)(S)OC[C@H]1O[C@H]2N1C=NC2C(=O)NC(N)=NC21. The molecule has 0 saturated carbocycles. The highest BCUT2D eigenvalue weighted by Gasteiger charge is 2.56. The minimum Gasteiger partial charge on any atom is -0.382 e. The summed E-state index contributed by atoms with van der Waals surface area (Å²) in [6.45, 7) is -5.02. The van der Waals surface area contributed by atoms with Crippen LogP contribution in [0.2, 0.25) is 0 Å². The number of nitrogens with zero attached hydrogens (tertiary/aromatic N) is 6. The van der Waals surface area contributed by atoms with Gasteiger partial charge in [-0.3, -0.25) is 33.2 Å². The molecule has 2 bridgehead atoms. The van der Waals surface area contributed by atoms with Gasteiger partial charge in [0.05, 0.1) is 36.6 Å². The second-order valence-corrected chi connectivity index (χ2v) is 15.6. The molecule has 11 atom stereocenters. The molecule has 2 aromatic heterocycles. The van der Waals surface area contributed by atoms with Crippen molar-refractivity contribution in [2.75, 3.05) is 26.1 Å². The number of carbonyl (C=O) groups excluding carboxylic acids is 1. The molecule has 0 spiro atoms. The van der Waals surface area contributed by atoms with Crippen LogP contribution in [0.25, 0.3) is 11.0 Å². The van der Waals surface area contributed by atoms with E-state index in [9.17, 15) is 18.8 Å². The Bertz CT molecular complexity index is 1670. The lowest BCUT2D eigenvalue weighted by molar-refractivity contribution is -0.124. The van der Waals surface area contributed by atoms with Crippen molar-refractivity contribution in [2.45, 2.75) is 61.5 Å². The molecule has 0 radical (unpaired) electrons. The molecule has 3 unspecified atom stereocenters. The Morgan fingerprint density at radius 3 is 2.73 bits per heavy atom. The molecule has 2 aromatic rings. The highest BCUT2D eigenvalue weighted by molar-refractivity contribution is 8.44. The summed E-state index contributed by atoms with van der Waals surface area (Å²) in [6, 6.07) is -0.963. The number of amides is 1. The first kappa shape index (κ1) is 31.3. The summed E-state index contributed by atoms with van der Waals surface area (Å²) in [6.07, 6.45) is -5.51. The number of hydrogen-bond acceptors (Lipinski definition) is 19. The second-order valence-electron chi connectivity index (χ2n) is 10.5. The van der Waals surface area contributed by atoms with Gasteiger partial charge < -0.3 is 35.5 Å². The highest BCUT2D eigenvalue weighted by atomic mass is 32.7. The maximum Gasteiger partial charge on any atom is 0.472 e. The number of nitrogen functional groups attached to an aromatic ring is 1. The number of carbonyl (C=O) groups is 1. The predicted molar refractivity (Wildman–Crippen MR) is 157 cm³/mol. The van der Waals surface area contributed by atoms with Gasteiger partial charge in [0.1, 0.15) is 41.8 Å². The number of nitrogens with two attached hydrogens (primary N) is 2. The van der Waals surface area contributed by atoms with E-state index in [1.54, 1.807) is 0 Å². The van der Waals surface area contributed by atoms with E-state index in [4.69, 9.17) is 43.8 Å². The second kappa shape index (κ2) is 11.7. The Kier molecular flexibility index (Phi) is 8.15. The molecule has 244 valence electrons. The van der Waals surface area contributed by atoms with Crippen molar-refractivity contribution < 1.29 is 51.1 Å². The summed E-state index contributed by atoms with van der Waals surface area (Å²) in [7, 11) is -3.55. The molecule has 3 saturated heterocycles. The third kappa shape index (κ3) is 5.87. The van der Waals surface area contributed by atoms with Gasteiger partial charge in [0, 0.05) is 13.5 Å². The molecule has 6 N–H and O–H groups in total. The average Bonchev–Trinajstić information content (AvgIpc) is 3.74. The van der Waals surface area contributed by atoms with E-state index in [1.165, 1.54) is 24.7 Å². The Morgan fingerprint density at radius 2 is 1.93 bits per heavy atom. The Hall–Kier alpha value is -2.33. The fraction of sp³-hybridized carbons (Fsp3) is 0.619. The zero-order chi connectivity index (χ0) is 31.7. The zero-order valence-electron chi connectivity index (χ0n) is 23.1. The summed E-state index contributed by atoms with van der Waals surface area (Å²) in [4.78, 5) is 41.9. The minimum atomic E-state index is -4.88. The maximum absolute atomic E-state index is 13.5. The van der Waals surface area contributed by atoms with E-state index in [0.717, 1.165) is 11.5 Å². The summed E-state index contributed by atoms with van der Waals surface area (Å²) >= 11 is 5.26. The lowest BCUT2D eigenvalue weighted by Gasteiger charge is -2.34. The molecule has 3 fully saturated rings. The van der Waals surface area contributed by atoms with Gasteiger partial charge in [-0.25, -0.2) is 24.1 Å². The topological polar surface area (TPSA) is 267 Å². The molecular formula is C21H27N9O11P2S2. The zero-order valence-corrected chi connectivity index (χ0v) is 26.6. The number of methoxy groups -OCH3 is 1. The van der Waals surface area contributed by atoms with Crippen molar-refractivity contribution in [3.8, 4) is 0 Å². The summed E-state index contributed by atoms with van der Waals surface area (Å²) in [5, 5.41) is 2.40. The van der Waals surface area contributed by atoms with Crippen LogP contribution in [0, 0.1) is 0 Å². The van der Waals surface area contributed by atoms with Crippen LogP contribution >= 0.6 is 38.4 Å². The van der Waals surface area contributed by atoms with Crippen LogP contribution in [0.4, 0.5) is 5.82 Å². The number of phosphoric ester groups is 1. The molecule has 20 nitrogen and oxygen atoms in total. The third-order valence-corrected chi connectivity index (χ3v) is 11.3. The van der Waals surface area contributed by atoms with Crippen molar-refractivity contribution in [3.63, 3.8) is 0 Å². The fourth-order valence-corrected chi connectivity index (χ4v) is 9.07. The molecule has 0 aromatic carbocycles. The molecule has 7 heterocycles. The van der Waals surface area contributed by atoms with Gasteiger partial charge in [-0.15, -0.1) is 0 Å². The van der Waals surface area contributed by atoms with E-state index in [2.05, 4.69) is 41.9 Å². The number of rotatable bonds is 3. The van der Waals surface area contributed by atoms with Crippen molar-refractivity contribution in [1.82, 2.24) is 24.6 Å².